The summed E-state index contributed by atoms with van der Waals surface area (Å²) in [6.07, 6.45) is 4.47. The van der Waals surface area contributed by atoms with Gasteiger partial charge in [0.15, 0.2) is 5.65 Å². The van der Waals surface area contributed by atoms with Crippen molar-refractivity contribution < 1.29 is 0 Å². The lowest BCUT2D eigenvalue weighted by molar-refractivity contribution is 0.260. The lowest BCUT2D eigenvalue weighted by Gasteiger charge is -2.35. The van der Waals surface area contributed by atoms with Crippen LogP contribution in [0, 0.1) is 0 Å². The normalized spacial score (nSPS) is 15.8. The van der Waals surface area contributed by atoms with Crippen LogP contribution in [-0.2, 0) is 13.5 Å². The first kappa shape index (κ1) is 16.3. The predicted molar refractivity (Wildman–Crippen MR) is 100 cm³/mol. The number of hydrogen-bond donors (Lipinski definition) is 0. The molecule has 25 heavy (non-hydrogen) atoms. The molecule has 1 saturated heterocycles. The number of fused-ring (bicyclic) bond motifs is 1. The van der Waals surface area contributed by atoms with E-state index in [1.165, 1.54) is 5.56 Å². The number of piperazine rings is 1. The number of nitrogens with zero attached hydrogens (tertiary/aromatic N) is 6. The minimum absolute atomic E-state index is 0.862. The van der Waals surface area contributed by atoms with E-state index in [0.717, 1.165) is 61.0 Å². The van der Waals surface area contributed by atoms with Crippen molar-refractivity contribution >= 4 is 28.5 Å². The Balaban J connectivity index is 1.39. The monoisotopic (exact) mass is 356 g/mol. The van der Waals surface area contributed by atoms with E-state index in [2.05, 4.69) is 30.9 Å². The van der Waals surface area contributed by atoms with Crippen LogP contribution in [-0.4, -0.2) is 57.4 Å². The Hall–Kier alpha value is -2.18. The molecule has 0 bridgehead atoms. The quantitative estimate of drug-likeness (QED) is 0.718. The van der Waals surface area contributed by atoms with E-state index in [4.69, 9.17) is 11.6 Å². The standard InChI is InChI=1S/C18H21ClN6/c1-23-17-15(12-22-23)18(21-13-20-17)25-10-8-24(9-11-25)7-6-14-4-2-3-5-16(14)19/h2-5,12-13H,6-11H2,1H3. The molecule has 1 aromatic carbocycles. The second kappa shape index (κ2) is 6.98. The Morgan fingerprint density at radius 2 is 1.88 bits per heavy atom. The summed E-state index contributed by atoms with van der Waals surface area (Å²) in [5.41, 5.74) is 2.10. The smallest absolute Gasteiger partial charge is 0.163 e. The van der Waals surface area contributed by atoms with Gasteiger partial charge in [0.1, 0.15) is 12.1 Å². The van der Waals surface area contributed by atoms with Crippen LogP contribution in [0.1, 0.15) is 5.56 Å². The molecule has 1 fully saturated rings. The van der Waals surface area contributed by atoms with Gasteiger partial charge in [0.25, 0.3) is 0 Å². The average Bonchev–Trinajstić information content (AvgIpc) is 3.03. The Morgan fingerprint density at radius 1 is 1.08 bits per heavy atom. The second-order valence-electron chi connectivity index (χ2n) is 6.37. The molecule has 3 heterocycles. The fourth-order valence-corrected chi connectivity index (χ4v) is 3.59. The fourth-order valence-electron chi connectivity index (χ4n) is 3.36. The van der Waals surface area contributed by atoms with Crippen molar-refractivity contribution in [3.63, 3.8) is 0 Å². The highest BCUT2D eigenvalue weighted by atomic mass is 35.5. The highest BCUT2D eigenvalue weighted by Gasteiger charge is 2.20. The van der Waals surface area contributed by atoms with Crippen molar-refractivity contribution in [2.75, 3.05) is 37.6 Å². The van der Waals surface area contributed by atoms with Crippen LogP contribution in [0.2, 0.25) is 5.02 Å². The maximum atomic E-state index is 6.25. The van der Waals surface area contributed by atoms with Gasteiger partial charge in [-0.15, -0.1) is 0 Å². The largest absolute Gasteiger partial charge is 0.353 e. The maximum absolute atomic E-state index is 6.25. The Kier molecular flexibility index (Phi) is 4.55. The van der Waals surface area contributed by atoms with Crippen LogP contribution in [0.5, 0.6) is 0 Å². The van der Waals surface area contributed by atoms with Crippen LogP contribution < -0.4 is 4.90 Å². The van der Waals surface area contributed by atoms with Gasteiger partial charge in [0.05, 0.1) is 11.6 Å². The lowest BCUT2D eigenvalue weighted by atomic mass is 10.1. The van der Waals surface area contributed by atoms with E-state index >= 15 is 0 Å². The topological polar surface area (TPSA) is 50.1 Å². The Bertz CT molecular complexity index is 869. The Morgan fingerprint density at radius 3 is 2.68 bits per heavy atom. The van der Waals surface area contributed by atoms with E-state index in [1.807, 2.05) is 31.4 Å². The molecule has 0 aliphatic carbocycles. The molecule has 6 nitrogen and oxygen atoms in total. The summed E-state index contributed by atoms with van der Waals surface area (Å²) in [5.74, 6) is 0.990. The van der Waals surface area contributed by atoms with Crippen LogP contribution in [0.4, 0.5) is 5.82 Å². The van der Waals surface area contributed by atoms with Crippen LogP contribution in [0.25, 0.3) is 11.0 Å². The Labute approximate surface area is 152 Å². The summed E-state index contributed by atoms with van der Waals surface area (Å²) >= 11 is 6.25. The summed E-state index contributed by atoms with van der Waals surface area (Å²) in [7, 11) is 1.91. The van der Waals surface area contributed by atoms with Crippen LogP contribution in [0.15, 0.2) is 36.8 Å². The van der Waals surface area contributed by atoms with E-state index in [9.17, 15) is 0 Å². The number of halogens is 1. The first-order valence-corrected chi connectivity index (χ1v) is 8.93. The number of aromatic nitrogens is 4. The zero-order valence-corrected chi connectivity index (χ0v) is 15.0. The highest BCUT2D eigenvalue weighted by Crippen LogP contribution is 2.23. The van der Waals surface area contributed by atoms with E-state index in [1.54, 1.807) is 11.0 Å². The summed E-state index contributed by atoms with van der Waals surface area (Å²) < 4.78 is 1.79. The van der Waals surface area contributed by atoms with Crippen LogP contribution in [0.3, 0.4) is 0 Å². The highest BCUT2D eigenvalue weighted by molar-refractivity contribution is 6.31. The van der Waals surface area contributed by atoms with Gasteiger partial charge < -0.3 is 4.90 Å². The van der Waals surface area contributed by atoms with Crippen molar-refractivity contribution in [3.05, 3.63) is 47.4 Å². The summed E-state index contributed by atoms with van der Waals surface area (Å²) in [6, 6.07) is 8.10. The molecule has 7 heteroatoms. The van der Waals surface area contributed by atoms with Gasteiger partial charge in [-0.2, -0.15) is 5.10 Å². The molecule has 0 atom stereocenters. The maximum Gasteiger partial charge on any atom is 0.163 e. The second-order valence-corrected chi connectivity index (χ2v) is 6.78. The molecule has 130 valence electrons. The summed E-state index contributed by atoms with van der Waals surface area (Å²) in [4.78, 5) is 13.6. The van der Waals surface area contributed by atoms with E-state index < -0.39 is 0 Å². The van der Waals surface area contributed by atoms with Gasteiger partial charge in [-0.25, -0.2) is 9.97 Å². The van der Waals surface area contributed by atoms with Gasteiger partial charge >= 0.3 is 0 Å². The summed E-state index contributed by atoms with van der Waals surface area (Å²) in [5, 5.41) is 6.19. The molecule has 0 N–H and O–H groups in total. The zero-order valence-electron chi connectivity index (χ0n) is 14.3. The molecule has 3 aromatic rings. The number of hydrogen-bond acceptors (Lipinski definition) is 5. The minimum Gasteiger partial charge on any atom is -0.353 e. The van der Waals surface area contributed by atoms with Crippen molar-refractivity contribution in [1.82, 2.24) is 24.6 Å². The van der Waals surface area contributed by atoms with Gasteiger partial charge in [0.2, 0.25) is 0 Å². The number of aryl methyl sites for hydroxylation is 1. The molecule has 1 aliphatic rings. The van der Waals surface area contributed by atoms with Gasteiger partial charge in [-0.05, 0) is 18.1 Å². The molecule has 0 saturated carbocycles. The SMILES string of the molecule is Cn1ncc2c(N3CCN(CCc4ccccc4Cl)CC3)ncnc21. The minimum atomic E-state index is 0.862. The number of rotatable bonds is 4. The van der Waals surface area contributed by atoms with Crippen molar-refractivity contribution in [1.29, 1.82) is 0 Å². The van der Waals surface area contributed by atoms with Crippen molar-refractivity contribution in [3.8, 4) is 0 Å². The molecule has 0 amide bonds. The average molecular weight is 357 g/mol. The third-order valence-corrected chi connectivity index (χ3v) is 5.20. The van der Waals surface area contributed by atoms with Crippen LogP contribution >= 0.6 is 11.6 Å². The van der Waals surface area contributed by atoms with Crippen molar-refractivity contribution in [2.24, 2.45) is 7.05 Å². The molecule has 0 unspecified atom stereocenters. The van der Waals surface area contributed by atoms with Crippen molar-refractivity contribution in [2.45, 2.75) is 6.42 Å². The fraction of sp³-hybridized carbons (Fsp3) is 0.389. The van der Waals surface area contributed by atoms with Gasteiger partial charge in [-0.1, -0.05) is 29.8 Å². The number of anilines is 1. The summed E-state index contributed by atoms with van der Waals surface area (Å²) in [6.45, 7) is 5.00. The first-order chi connectivity index (χ1) is 12.2. The molecule has 1 aliphatic heterocycles. The molecule has 0 spiro atoms. The molecule has 0 radical (unpaired) electrons. The molecular formula is C18H21ClN6. The van der Waals surface area contributed by atoms with E-state index in [0.29, 0.717) is 0 Å². The number of benzene rings is 1. The van der Waals surface area contributed by atoms with Gasteiger partial charge in [-0.3, -0.25) is 9.58 Å². The molecular weight excluding hydrogens is 336 g/mol. The first-order valence-electron chi connectivity index (χ1n) is 8.56. The van der Waals surface area contributed by atoms with E-state index in [-0.39, 0.29) is 0 Å². The zero-order chi connectivity index (χ0) is 17.2. The third-order valence-electron chi connectivity index (χ3n) is 4.84. The molecule has 4 rings (SSSR count). The molecule has 2 aromatic heterocycles. The third kappa shape index (κ3) is 3.32. The van der Waals surface area contributed by atoms with Gasteiger partial charge in [0, 0.05) is 44.8 Å². The predicted octanol–water partition coefficient (Wildman–Crippen LogP) is 2.38. The lowest BCUT2D eigenvalue weighted by Crippen LogP contribution is -2.47.